The number of anilines is 1. The number of hydrogen-bond acceptors (Lipinski definition) is 6. The second kappa shape index (κ2) is 7.06. The number of rotatable bonds is 4. The molecule has 2 heterocycles. The quantitative estimate of drug-likeness (QED) is 0.786. The van der Waals surface area contributed by atoms with Crippen LogP contribution in [0.5, 0.6) is 0 Å². The first-order valence-electron chi connectivity index (χ1n) is 7.12. The molecule has 1 aliphatic heterocycles. The fourth-order valence-corrected chi connectivity index (χ4v) is 2.55. The number of methoxy groups -OCH3 is 1. The summed E-state index contributed by atoms with van der Waals surface area (Å²) >= 11 is 0. The summed E-state index contributed by atoms with van der Waals surface area (Å²) in [6.07, 6.45) is 3.29. The van der Waals surface area contributed by atoms with Crippen LogP contribution in [0.2, 0.25) is 0 Å². The third-order valence-electron chi connectivity index (χ3n) is 3.54. The lowest BCUT2D eigenvalue weighted by Crippen LogP contribution is -2.40. The van der Waals surface area contributed by atoms with Gasteiger partial charge in [0.2, 0.25) is 0 Å². The molecule has 6 heteroatoms. The zero-order chi connectivity index (χ0) is 15.2. The number of pyridine rings is 1. The molecular weight excluding hydrogens is 272 g/mol. The van der Waals surface area contributed by atoms with Crippen molar-refractivity contribution in [3.63, 3.8) is 0 Å². The van der Waals surface area contributed by atoms with Crippen molar-refractivity contribution in [1.29, 1.82) is 0 Å². The maximum Gasteiger partial charge on any atom is 0.341 e. The zero-order valence-corrected chi connectivity index (χ0v) is 12.4. The van der Waals surface area contributed by atoms with Crippen LogP contribution in [0.15, 0.2) is 18.3 Å². The number of esters is 2. The Morgan fingerprint density at radius 1 is 1.48 bits per heavy atom. The highest BCUT2D eigenvalue weighted by Gasteiger charge is 2.29. The number of carbonyl (C=O) groups is 2. The van der Waals surface area contributed by atoms with E-state index in [1.807, 2.05) is 4.90 Å². The Labute approximate surface area is 124 Å². The Kier molecular flexibility index (Phi) is 5.14. The molecule has 0 amide bonds. The molecule has 1 aliphatic rings. The third kappa shape index (κ3) is 3.51. The maximum atomic E-state index is 12.0. The summed E-state index contributed by atoms with van der Waals surface area (Å²) in [5.74, 6) is -0.209. The highest BCUT2D eigenvalue weighted by atomic mass is 16.5. The van der Waals surface area contributed by atoms with E-state index < -0.39 is 0 Å². The highest BCUT2D eigenvalue weighted by molar-refractivity contribution is 5.94. The van der Waals surface area contributed by atoms with Crippen molar-refractivity contribution in [2.75, 3.05) is 31.7 Å². The van der Waals surface area contributed by atoms with Crippen LogP contribution in [-0.4, -0.2) is 43.7 Å². The van der Waals surface area contributed by atoms with E-state index in [0.717, 1.165) is 19.4 Å². The molecule has 0 saturated carbocycles. The maximum absolute atomic E-state index is 12.0. The van der Waals surface area contributed by atoms with Gasteiger partial charge in [-0.15, -0.1) is 0 Å². The Balaban J connectivity index is 2.21. The van der Waals surface area contributed by atoms with E-state index in [1.165, 1.54) is 7.11 Å². The summed E-state index contributed by atoms with van der Waals surface area (Å²) in [5, 5.41) is 0. The molecule has 0 aliphatic carbocycles. The number of ether oxygens (including phenoxy) is 2. The second-order valence-electron chi connectivity index (χ2n) is 4.90. The SMILES string of the molecule is CCOC(=O)c1cccnc1N1CCCC(C(=O)OC)C1. The molecule has 1 aromatic rings. The van der Waals surface area contributed by atoms with Gasteiger partial charge >= 0.3 is 11.9 Å². The first kappa shape index (κ1) is 15.3. The van der Waals surface area contributed by atoms with Crippen LogP contribution in [0, 0.1) is 5.92 Å². The predicted molar refractivity (Wildman–Crippen MR) is 77.1 cm³/mol. The van der Waals surface area contributed by atoms with E-state index in [-0.39, 0.29) is 17.9 Å². The molecule has 1 aromatic heterocycles. The van der Waals surface area contributed by atoms with Crippen molar-refractivity contribution >= 4 is 17.8 Å². The van der Waals surface area contributed by atoms with Crippen LogP contribution in [0.4, 0.5) is 5.82 Å². The number of nitrogens with zero attached hydrogens (tertiary/aromatic N) is 2. The lowest BCUT2D eigenvalue weighted by atomic mass is 9.98. The van der Waals surface area contributed by atoms with E-state index in [4.69, 9.17) is 9.47 Å². The fraction of sp³-hybridized carbons (Fsp3) is 0.533. The van der Waals surface area contributed by atoms with E-state index in [0.29, 0.717) is 24.5 Å². The van der Waals surface area contributed by atoms with Crippen LogP contribution in [0.3, 0.4) is 0 Å². The molecule has 1 fully saturated rings. The smallest absolute Gasteiger partial charge is 0.341 e. The topological polar surface area (TPSA) is 68.7 Å². The molecule has 1 saturated heterocycles. The van der Waals surface area contributed by atoms with Gasteiger partial charge in [-0.25, -0.2) is 9.78 Å². The first-order chi connectivity index (χ1) is 10.2. The van der Waals surface area contributed by atoms with Gasteiger partial charge in [-0.3, -0.25) is 4.79 Å². The fourth-order valence-electron chi connectivity index (χ4n) is 2.55. The number of piperidine rings is 1. The van der Waals surface area contributed by atoms with Gasteiger partial charge in [0.25, 0.3) is 0 Å². The zero-order valence-electron chi connectivity index (χ0n) is 12.4. The number of aromatic nitrogens is 1. The van der Waals surface area contributed by atoms with Crippen LogP contribution in [-0.2, 0) is 14.3 Å². The van der Waals surface area contributed by atoms with E-state index in [2.05, 4.69) is 4.98 Å². The Bertz CT molecular complexity index is 518. The van der Waals surface area contributed by atoms with Crippen LogP contribution in [0.25, 0.3) is 0 Å². The van der Waals surface area contributed by atoms with Crippen molar-refractivity contribution in [3.05, 3.63) is 23.9 Å². The van der Waals surface area contributed by atoms with Crippen LogP contribution >= 0.6 is 0 Å². The van der Waals surface area contributed by atoms with E-state index >= 15 is 0 Å². The third-order valence-corrected chi connectivity index (χ3v) is 3.54. The van der Waals surface area contributed by atoms with Gasteiger partial charge in [0.15, 0.2) is 0 Å². The molecule has 0 bridgehead atoms. The van der Waals surface area contributed by atoms with Gasteiger partial charge < -0.3 is 14.4 Å². The van der Waals surface area contributed by atoms with Crippen molar-refractivity contribution in [3.8, 4) is 0 Å². The minimum absolute atomic E-state index is 0.180. The molecule has 0 spiro atoms. The Morgan fingerprint density at radius 3 is 3.00 bits per heavy atom. The molecule has 0 aromatic carbocycles. The normalized spacial score (nSPS) is 18.2. The average Bonchev–Trinajstić information content (AvgIpc) is 2.54. The van der Waals surface area contributed by atoms with Gasteiger partial charge in [0.1, 0.15) is 11.4 Å². The van der Waals surface area contributed by atoms with Gasteiger partial charge in [0.05, 0.1) is 19.6 Å². The average molecular weight is 292 g/mol. The summed E-state index contributed by atoms with van der Waals surface area (Å²) in [6, 6.07) is 3.40. The second-order valence-corrected chi connectivity index (χ2v) is 4.90. The van der Waals surface area contributed by atoms with Crippen molar-refractivity contribution in [2.24, 2.45) is 5.92 Å². The Hall–Kier alpha value is -2.11. The largest absolute Gasteiger partial charge is 0.469 e. The predicted octanol–water partition coefficient (Wildman–Crippen LogP) is 1.65. The Morgan fingerprint density at radius 2 is 2.29 bits per heavy atom. The molecule has 2 rings (SSSR count). The first-order valence-corrected chi connectivity index (χ1v) is 7.12. The standard InChI is InChI=1S/C15H20N2O4/c1-3-21-15(19)12-7-4-8-16-13(12)17-9-5-6-11(10-17)14(18)20-2/h4,7-8,11H,3,5-6,9-10H2,1-2H3. The van der Waals surface area contributed by atoms with Gasteiger partial charge in [-0.1, -0.05) is 0 Å². The van der Waals surface area contributed by atoms with Gasteiger partial charge in [-0.05, 0) is 31.9 Å². The highest BCUT2D eigenvalue weighted by Crippen LogP contribution is 2.25. The minimum Gasteiger partial charge on any atom is -0.469 e. The van der Waals surface area contributed by atoms with E-state index in [1.54, 1.807) is 25.3 Å². The van der Waals surface area contributed by atoms with E-state index in [9.17, 15) is 9.59 Å². The molecule has 21 heavy (non-hydrogen) atoms. The lowest BCUT2D eigenvalue weighted by Gasteiger charge is -2.32. The molecule has 114 valence electrons. The molecule has 6 nitrogen and oxygen atoms in total. The monoisotopic (exact) mass is 292 g/mol. The summed E-state index contributed by atoms with van der Waals surface area (Å²) < 4.78 is 9.87. The number of hydrogen-bond donors (Lipinski definition) is 0. The summed E-state index contributed by atoms with van der Waals surface area (Å²) in [5.41, 5.74) is 0.435. The van der Waals surface area contributed by atoms with Gasteiger partial charge in [0, 0.05) is 19.3 Å². The minimum atomic E-state index is -0.388. The van der Waals surface area contributed by atoms with Crippen molar-refractivity contribution < 1.29 is 19.1 Å². The summed E-state index contributed by atoms with van der Waals surface area (Å²) in [4.78, 5) is 30.0. The van der Waals surface area contributed by atoms with Gasteiger partial charge in [-0.2, -0.15) is 0 Å². The molecular formula is C15H20N2O4. The number of carbonyl (C=O) groups excluding carboxylic acids is 2. The molecule has 1 unspecified atom stereocenters. The summed E-state index contributed by atoms with van der Waals surface area (Å²) in [6.45, 7) is 3.35. The van der Waals surface area contributed by atoms with Crippen molar-refractivity contribution in [1.82, 2.24) is 4.98 Å². The van der Waals surface area contributed by atoms with Crippen molar-refractivity contribution in [2.45, 2.75) is 19.8 Å². The molecule has 1 atom stereocenters. The van der Waals surface area contributed by atoms with Crippen LogP contribution < -0.4 is 4.90 Å². The molecule has 0 radical (unpaired) electrons. The lowest BCUT2D eigenvalue weighted by molar-refractivity contribution is -0.145. The summed E-state index contributed by atoms with van der Waals surface area (Å²) in [7, 11) is 1.39. The van der Waals surface area contributed by atoms with Crippen LogP contribution in [0.1, 0.15) is 30.1 Å². The molecule has 0 N–H and O–H groups in total.